The maximum atomic E-state index is 5.95. The van der Waals surface area contributed by atoms with Crippen LogP contribution in [0.2, 0.25) is 5.02 Å². The molecule has 0 aromatic heterocycles. The molecule has 0 unspecified atom stereocenters. The molecule has 0 amide bonds. The van der Waals surface area contributed by atoms with E-state index >= 15 is 0 Å². The van der Waals surface area contributed by atoms with E-state index in [0.29, 0.717) is 0 Å². The molecule has 0 bridgehead atoms. The Morgan fingerprint density at radius 1 is 1.00 bits per heavy atom. The van der Waals surface area contributed by atoms with Crippen LogP contribution in [0.5, 0.6) is 11.5 Å². The first-order chi connectivity index (χ1) is 12.7. The van der Waals surface area contributed by atoms with Gasteiger partial charge in [-0.3, -0.25) is 9.91 Å². The average Bonchev–Trinajstić information content (AvgIpc) is 2.69. The summed E-state index contributed by atoms with van der Waals surface area (Å²) in [4.78, 5) is 2.43. The number of benzene rings is 2. The number of hydrazone groups is 1. The lowest BCUT2D eigenvalue weighted by atomic mass is 10.2. The van der Waals surface area contributed by atoms with Gasteiger partial charge in [-0.1, -0.05) is 23.7 Å². The second-order valence-electron chi connectivity index (χ2n) is 6.21. The monoisotopic (exact) mass is 373 g/mol. The van der Waals surface area contributed by atoms with Gasteiger partial charge in [-0.2, -0.15) is 5.10 Å². The van der Waals surface area contributed by atoms with Gasteiger partial charge >= 0.3 is 0 Å². The fourth-order valence-electron chi connectivity index (χ4n) is 2.93. The van der Waals surface area contributed by atoms with Crippen molar-refractivity contribution in [1.82, 2.24) is 9.91 Å². The second-order valence-corrected chi connectivity index (χ2v) is 6.65. The van der Waals surface area contributed by atoms with Crippen LogP contribution in [0.25, 0.3) is 0 Å². The molecule has 1 aliphatic heterocycles. The van der Waals surface area contributed by atoms with Gasteiger partial charge in [0.2, 0.25) is 0 Å². The Bertz CT molecular complexity index is 741. The first kappa shape index (κ1) is 18.5. The van der Waals surface area contributed by atoms with E-state index in [1.807, 2.05) is 36.5 Å². The molecule has 1 saturated heterocycles. The Hall–Kier alpha value is -2.24. The van der Waals surface area contributed by atoms with E-state index in [0.717, 1.165) is 54.8 Å². The van der Waals surface area contributed by atoms with E-state index in [1.54, 1.807) is 14.2 Å². The smallest absolute Gasteiger partial charge is 0.131 e. The number of rotatable bonds is 6. The van der Waals surface area contributed by atoms with Crippen molar-refractivity contribution < 1.29 is 9.47 Å². The lowest BCUT2D eigenvalue weighted by Gasteiger charge is -2.33. The summed E-state index contributed by atoms with van der Waals surface area (Å²) in [5.41, 5.74) is 2.23. The minimum absolute atomic E-state index is 0.759. The molecule has 1 aliphatic rings. The fraction of sp³-hybridized carbons (Fsp3) is 0.350. The molecular weight excluding hydrogens is 350 g/mol. The highest BCUT2D eigenvalue weighted by atomic mass is 35.5. The van der Waals surface area contributed by atoms with Crippen LogP contribution < -0.4 is 9.47 Å². The molecule has 5 nitrogen and oxygen atoms in total. The van der Waals surface area contributed by atoms with Gasteiger partial charge in [0.05, 0.1) is 20.4 Å². The summed E-state index contributed by atoms with van der Waals surface area (Å²) >= 11 is 5.95. The number of hydrogen-bond acceptors (Lipinski definition) is 5. The predicted molar refractivity (Wildman–Crippen MR) is 105 cm³/mol. The fourth-order valence-corrected chi connectivity index (χ4v) is 3.05. The van der Waals surface area contributed by atoms with Crippen LogP contribution in [0.4, 0.5) is 0 Å². The van der Waals surface area contributed by atoms with Crippen molar-refractivity contribution in [3.63, 3.8) is 0 Å². The molecule has 0 aliphatic carbocycles. The van der Waals surface area contributed by atoms with E-state index in [4.69, 9.17) is 21.1 Å². The van der Waals surface area contributed by atoms with Crippen molar-refractivity contribution in [3.8, 4) is 11.5 Å². The molecule has 0 radical (unpaired) electrons. The van der Waals surface area contributed by atoms with E-state index in [9.17, 15) is 0 Å². The summed E-state index contributed by atoms with van der Waals surface area (Å²) in [5, 5.41) is 7.49. The zero-order chi connectivity index (χ0) is 18.4. The zero-order valence-electron chi connectivity index (χ0n) is 15.2. The lowest BCUT2D eigenvalue weighted by Crippen LogP contribution is -2.43. The summed E-state index contributed by atoms with van der Waals surface area (Å²) in [6.45, 7) is 4.73. The zero-order valence-corrected chi connectivity index (χ0v) is 15.9. The van der Waals surface area contributed by atoms with Crippen LogP contribution in [-0.2, 0) is 6.54 Å². The highest BCUT2D eigenvalue weighted by Crippen LogP contribution is 2.23. The molecule has 0 atom stereocenters. The largest absolute Gasteiger partial charge is 0.497 e. The lowest BCUT2D eigenvalue weighted by molar-refractivity contribution is 0.131. The highest BCUT2D eigenvalue weighted by Gasteiger charge is 2.15. The van der Waals surface area contributed by atoms with Crippen LogP contribution in [0.15, 0.2) is 47.6 Å². The predicted octanol–water partition coefficient (Wildman–Crippen LogP) is 3.51. The molecular formula is C20H24ClN3O2. The van der Waals surface area contributed by atoms with Crippen LogP contribution in [0.3, 0.4) is 0 Å². The molecule has 0 saturated carbocycles. The van der Waals surface area contributed by atoms with Gasteiger partial charge in [-0.25, -0.2) is 0 Å². The summed E-state index contributed by atoms with van der Waals surface area (Å²) in [7, 11) is 3.30. The summed E-state index contributed by atoms with van der Waals surface area (Å²) in [6.07, 6.45) is 1.85. The molecule has 0 N–H and O–H groups in total. The first-order valence-corrected chi connectivity index (χ1v) is 9.03. The quantitative estimate of drug-likeness (QED) is 0.726. The molecule has 0 spiro atoms. The number of halogens is 1. The standard InChI is InChI=1S/C20H24ClN3O2/c1-25-19-8-5-17(20(13-19)26-2)14-22-24-11-9-23(10-12-24)15-16-3-6-18(21)7-4-16/h3-8,13-14H,9-12,15H2,1-2H3/b22-14+. The average molecular weight is 374 g/mol. The van der Waals surface area contributed by atoms with Crippen LogP contribution in [-0.4, -0.2) is 56.5 Å². The van der Waals surface area contributed by atoms with Gasteiger partial charge in [0, 0.05) is 49.4 Å². The van der Waals surface area contributed by atoms with Crippen molar-refractivity contribution in [3.05, 3.63) is 58.6 Å². The normalized spacial score (nSPS) is 15.4. The maximum Gasteiger partial charge on any atom is 0.131 e. The SMILES string of the molecule is COc1ccc(/C=N/N2CCN(Cc3ccc(Cl)cc3)CC2)c(OC)c1. The van der Waals surface area contributed by atoms with Crippen LogP contribution in [0, 0.1) is 0 Å². The number of hydrogen-bond donors (Lipinski definition) is 0. The van der Waals surface area contributed by atoms with E-state index < -0.39 is 0 Å². The Labute approximate surface area is 159 Å². The molecule has 2 aromatic carbocycles. The Morgan fingerprint density at radius 3 is 2.38 bits per heavy atom. The molecule has 2 aromatic rings. The summed E-state index contributed by atoms with van der Waals surface area (Å²) in [6, 6.07) is 13.8. The second kappa shape index (κ2) is 8.92. The molecule has 6 heteroatoms. The molecule has 138 valence electrons. The minimum atomic E-state index is 0.759. The minimum Gasteiger partial charge on any atom is -0.497 e. The van der Waals surface area contributed by atoms with E-state index in [-0.39, 0.29) is 0 Å². The Kier molecular flexibility index (Phi) is 6.36. The molecule has 3 rings (SSSR count). The van der Waals surface area contributed by atoms with Gasteiger partial charge in [0.1, 0.15) is 11.5 Å². The third kappa shape index (κ3) is 4.90. The third-order valence-corrected chi connectivity index (χ3v) is 4.72. The van der Waals surface area contributed by atoms with Gasteiger partial charge in [-0.05, 0) is 29.8 Å². The van der Waals surface area contributed by atoms with Gasteiger partial charge < -0.3 is 9.47 Å². The van der Waals surface area contributed by atoms with Crippen molar-refractivity contribution >= 4 is 17.8 Å². The van der Waals surface area contributed by atoms with Gasteiger partial charge in [0.15, 0.2) is 0 Å². The highest BCUT2D eigenvalue weighted by molar-refractivity contribution is 6.30. The summed E-state index contributed by atoms with van der Waals surface area (Å²) < 4.78 is 10.6. The molecule has 1 fully saturated rings. The van der Waals surface area contributed by atoms with E-state index in [1.165, 1.54) is 5.56 Å². The first-order valence-electron chi connectivity index (χ1n) is 8.65. The van der Waals surface area contributed by atoms with Crippen LogP contribution in [0.1, 0.15) is 11.1 Å². The van der Waals surface area contributed by atoms with Crippen molar-refractivity contribution in [2.75, 3.05) is 40.4 Å². The van der Waals surface area contributed by atoms with Gasteiger partial charge in [-0.15, -0.1) is 0 Å². The van der Waals surface area contributed by atoms with Crippen molar-refractivity contribution in [1.29, 1.82) is 0 Å². The number of ether oxygens (including phenoxy) is 2. The Balaban J connectivity index is 1.53. The van der Waals surface area contributed by atoms with Crippen molar-refractivity contribution in [2.24, 2.45) is 5.10 Å². The van der Waals surface area contributed by atoms with Gasteiger partial charge in [0.25, 0.3) is 0 Å². The topological polar surface area (TPSA) is 37.3 Å². The van der Waals surface area contributed by atoms with Crippen LogP contribution >= 0.6 is 11.6 Å². The van der Waals surface area contributed by atoms with E-state index in [2.05, 4.69) is 27.1 Å². The number of nitrogens with zero attached hydrogens (tertiary/aromatic N) is 3. The number of methoxy groups -OCH3 is 2. The third-order valence-electron chi connectivity index (χ3n) is 4.47. The molecule has 26 heavy (non-hydrogen) atoms. The summed E-state index contributed by atoms with van der Waals surface area (Å²) in [5.74, 6) is 1.53. The van der Waals surface area contributed by atoms with Crippen molar-refractivity contribution in [2.45, 2.75) is 6.54 Å². The Morgan fingerprint density at radius 2 is 1.73 bits per heavy atom. The molecule has 1 heterocycles. The maximum absolute atomic E-state index is 5.95. The number of piperazine rings is 1.